The summed E-state index contributed by atoms with van der Waals surface area (Å²) in [5.74, 6) is 0.694. The van der Waals surface area contributed by atoms with Gasteiger partial charge in [0.1, 0.15) is 0 Å². The highest BCUT2D eigenvalue weighted by atomic mass is 32.1. The normalized spacial score (nSPS) is 11.5. The van der Waals surface area contributed by atoms with E-state index in [1.807, 2.05) is 73.7 Å². The number of aromatic amines is 1. The van der Waals surface area contributed by atoms with Gasteiger partial charge in [-0.3, -0.25) is 0 Å². The Morgan fingerprint density at radius 1 is 1.09 bits per heavy atom. The molecule has 0 saturated carbocycles. The highest BCUT2D eigenvalue weighted by Gasteiger charge is 2.07. The first kappa shape index (κ1) is 15.1. The van der Waals surface area contributed by atoms with Crippen molar-refractivity contribution in [1.82, 2.24) is 14.9 Å². The Hall–Kier alpha value is -2.79. The molecule has 114 valence electrons. The van der Waals surface area contributed by atoms with Gasteiger partial charge < -0.3 is 0 Å². The number of aromatic nitrogens is 3. The molecule has 0 radical (unpaired) electrons. The Morgan fingerprint density at radius 2 is 1.83 bits per heavy atom. The third-order valence-electron chi connectivity index (χ3n) is 3.32. The average Bonchev–Trinajstić information content (AvgIpc) is 2.94. The maximum absolute atomic E-state index is 5.25. The van der Waals surface area contributed by atoms with Crippen molar-refractivity contribution in [3.8, 4) is 11.4 Å². The lowest BCUT2D eigenvalue weighted by molar-refractivity contribution is 0.872. The van der Waals surface area contributed by atoms with Gasteiger partial charge in [0.25, 0.3) is 0 Å². The molecule has 1 N–H and O–H groups in total. The second-order valence-electron chi connectivity index (χ2n) is 5.06. The molecule has 0 aliphatic heterocycles. The van der Waals surface area contributed by atoms with E-state index in [0.29, 0.717) is 10.6 Å². The molecule has 23 heavy (non-hydrogen) atoms. The lowest BCUT2D eigenvalue weighted by Gasteiger charge is -2.00. The minimum absolute atomic E-state index is 0.463. The second kappa shape index (κ2) is 6.98. The zero-order valence-electron chi connectivity index (χ0n) is 12.7. The standard InChI is InChI=1S/C18H16N4S/c1-14-9-11-16(12-10-14)17-20-21-18(23)22(17)19-13-5-8-15-6-3-2-4-7-15/h2-13H,1H3,(H,21,23)/b8-5+,19-13+. The van der Waals surface area contributed by atoms with Gasteiger partial charge in [0.05, 0.1) is 0 Å². The third-order valence-corrected chi connectivity index (χ3v) is 3.58. The van der Waals surface area contributed by atoms with Crippen LogP contribution in [0.4, 0.5) is 0 Å². The van der Waals surface area contributed by atoms with Crippen molar-refractivity contribution < 1.29 is 0 Å². The van der Waals surface area contributed by atoms with Gasteiger partial charge in [-0.05, 0) is 30.8 Å². The summed E-state index contributed by atoms with van der Waals surface area (Å²) in [5, 5.41) is 11.4. The minimum Gasteiger partial charge on any atom is -0.250 e. The number of benzene rings is 2. The Labute approximate surface area is 139 Å². The summed E-state index contributed by atoms with van der Waals surface area (Å²) in [5.41, 5.74) is 3.28. The summed E-state index contributed by atoms with van der Waals surface area (Å²) in [6.45, 7) is 2.05. The SMILES string of the molecule is Cc1ccc(-c2n[nH]c(=S)n2/N=C/C=C/c2ccccc2)cc1. The van der Waals surface area contributed by atoms with E-state index < -0.39 is 0 Å². The smallest absolute Gasteiger partial charge is 0.216 e. The van der Waals surface area contributed by atoms with E-state index in [0.717, 1.165) is 11.1 Å². The molecule has 0 unspecified atom stereocenters. The lowest BCUT2D eigenvalue weighted by Crippen LogP contribution is -1.93. The lowest BCUT2D eigenvalue weighted by atomic mass is 10.1. The van der Waals surface area contributed by atoms with Gasteiger partial charge in [-0.1, -0.05) is 66.2 Å². The van der Waals surface area contributed by atoms with Gasteiger partial charge in [0, 0.05) is 11.8 Å². The first-order chi connectivity index (χ1) is 11.2. The summed E-state index contributed by atoms with van der Waals surface area (Å²) in [6.07, 6.45) is 5.57. The van der Waals surface area contributed by atoms with E-state index in [2.05, 4.69) is 15.3 Å². The fraction of sp³-hybridized carbons (Fsp3) is 0.0556. The zero-order valence-corrected chi connectivity index (χ0v) is 13.5. The zero-order chi connectivity index (χ0) is 16.1. The number of hydrogen-bond acceptors (Lipinski definition) is 3. The van der Waals surface area contributed by atoms with Gasteiger partial charge in [0.15, 0.2) is 5.82 Å². The van der Waals surface area contributed by atoms with E-state index in [-0.39, 0.29) is 0 Å². The van der Waals surface area contributed by atoms with Crippen molar-refractivity contribution in [3.05, 3.63) is 76.6 Å². The predicted molar refractivity (Wildman–Crippen MR) is 97.0 cm³/mol. The molecule has 0 spiro atoms. The van der Waals surface area contributed by atoms with Gasteiger partial charge in [-0.15, -0.1) is 0 Å². The molecule has 0 atom stereocenters. The van der Waals surface area contributed by atoms with Crippen LogP contribution in [0.15, 0.2) is 65.8 Å². The van der Waals surface area contributed by atoms with Crippen molar-refractivity contribution in [3.63, 3.8) is 0 Å². The van der Waals surface area contributed by atoms with Crippen LogP contribution >= 0.6 is 12.2 Å². The molecule has 0 fully saturated rings. The van der Waals surface area contributed by atoms with E-state index in [1.54, 1.807) is 10.9 Å². The molecule has 3 rings (SSSR count). The molecule has 1 aromatic heterocycles. The third kappa shape index (κ3) is 3.70. The van der Waals surface area contributed by atoms with Crippen LogP contribution in [0.3, 0.4) is 0 Å². The molecule has 0 bridgehead atoms. The van der Waals surface area contributed by atoms with E-state index in [1.165, 1.54) is 5.56 Å². The number of nitrogens with zero attached hydrogens (tertiary/aromatic N) is 3. The molecule has 1 heterocycles. The van der Waals surface area contributed by atoms with Crippen LogP contribution in [0.1, 0.15) is 11.1 Å². The van der Waals surface area contributed by atoms with Crippen LogP contribution in [0.2, 0.25) is 0 Å². The largest absolute Gasteiger partial charge is 0.250 e. The van der Waals surface area contributed by atoms with Crippen molar-refractivity contribution >= 4 is 24.5 Å². The minimum atomic E-state index is 0.463. The predicted octanol–water partition coefficient (Wildman–Crippen LogP) is 4.46. The summed E-state index contributed by atoms with van der Waals surface area (Å²) >= 11 is 5.25. The number of hydrogen-bond donors (Lipinski definition) is 1. The van der Waals surface area contributed by atoms with E-state index in [4.69, 9.17) is 12.2 Å². The quantitative estimate of drug-likeness (QED) is 0.570. The van der Waals surface area contributed by atoms with Crippen molar-refractivity contribution in [2.75, 3.05) is 0 Å². The fourth-order valence-electron chi connectivity index (χ4n) is 2.11. The molecular weight excluding hydrogens is 304 g/mol. The molecule has 2 aromatic carbocycles. The maximum atomic E-state index is 5.25. The van der Waals surface area contributed by atoms with Crippen LogP contribution in [-0.2, 0) is 0 Å². The number of nitrogens with one attached hydrogen (secondary N) is 1. The molecule has 5 heteroatoms. The summed E-state index contributed by atoms with van der Waals surface area (Å²) in [6, 6.07) is 18.1. The second-order valence-corrected chi connectivity index (χ2v) is 5.45. The van der Waals surface area contributed by atoms with Crippen molar-refractivity contribution in [1.29, 1.82) is 0 Å². The Kier molecular flexibility index (Phi) is 4.59. The van der Waals surface area contributed by atoms with E-state index >= 15 is 0 Å². The van der Waals surface area contributed by atoms with Crippen LogP contribution in [-0.4, -0.2) is 21.1 Å². The van der Waals surface area contributed by atoms with Crippen LogP contribution in [0, 0.1) is 11.7 Å². The van der Waals surface area contributed by atoms with Gasteiger partial charge in [-0.2, -0.15) is 14.9 Å². The van der Waals surface area contributed by atoms with Crippen LogP contribution in [0.5, 0.6) is 0 Å². The first-order valence-electron chi connectivity index (χ1n) is 7.24. The van der Waals surface area contributed by atoms with Crippen molar-refractivity contribution in [2.24, 2.45) is 5.10 Å². The molecule has 0 aliphatic carbocycles. The Balaban J connectivity index is 1.84. The van der Waals surface area contributed by atoms with E-state index in [9.17, 15) is 0 Å². The molecule has 3 aromatic rings. The summed E-state index contributed by atoms with van der Waals surface area (Å²) in [4.78, 5) is 0. The molecule has 0 amide bonds. The highest BCUT2D eigenvalue weighted by Crippen LogP contribution is 2.17. The van der Waals surface area contributed by atoms with Crippen molar-refractivity contribution in [2.45, 2.75) is 6.92 Å². The number of rotatable bonds is 4. The summed E-state index contributed by atoms with van der Waals surface area (Å²) in [7, 11) is 0. The maximum Gasteiger partial charge on any atom is 0.216 e. The van der Waals surface area contributed by atoms with Gasteiger partial charge in [-0.25, -0.2) is 5.10 Å². The molecular formula is C18H16N4S. The Morgan fingerprint density at radius 3 is 2.57 bits per heavy atom. The fourth-order valence-corrected chi connectivity index (χ4v) is 2.29. The van der Waals surface area contributed by atoms with Gasteiger partial charge in [0.2, 0.25) is 4.77 Å². The average molecular weight is 320 g/mol. The molecule has 0 saturated heterocycles. The Bertz CT molecular complexity index is 887. The molecule has 0 aliphatic rings. The van der Waals surface area contributed by atoms with Gasteiger partial charge >= 0.3 is 0 Å². The topological polar surface area (TPSA) is 46.0 Å². The highest BCUT2D eigenvalue weighted by molar-refractivity contribution is 7.71. The molecule has 4 nitrogen and oxygen atoms in total. The number of allylic oxidation sites excluding steroid dienone is 1. The number of H-pyrrole nitrogens is 1. The van der Waals surface area contributed by atoms with Crippen LogP contribution < -0.4 is 0 Å². The number of aryl methyl sites for hydroxylation is 1. The monoisotopic (exact) mass is 320 g/mol. The first-order valence-corrected chi connectivity index (χ1v) is 7.65. The summed E-state index contributed by atoms with van der Waals surface area (Å²) < 4.78 is 2.08. The van der Waals surface area contributed by atoms with Crippen LogP contribution in [0.25, 0.3) is 17.5 Å².